The third-order valence-corrected chi connectivity index (χ3v) is 2.62. The van der Waals surface area contributed by atoms with Crippen LogP contribution < -0.4 is 0 Å². The molecule has 0 radical (unpaired) electrons. The number of hydrogen-bond acceptors (Lipinski definition) is 2. The molecule has 0 saturated heterocycles. The van der Waals surface area contributed by atoms with E-state index in [0.29, 0.717) is 6.42 Å². The topological polar surface area (TPSA) is 74.6 Å². The van der Waals surface area contributed by atoms with E-state index >= 15 is 0 Å². The zero-order valence-electron chi connectivity index (χ0n) is 10.4. The summed E-state index contributed by atoms with van der Waals surface area (Å²) in [7, 11) is 0. The van der Waals surface area contributed by atoms with Crippen LogP contribution in [-0.4, -0.2) is 22.2 Å². The molecule has 2 N–H and O–H groups in total. The summed E-state index contributed by atoms with van der Waals surface area (Å²) in [6.07, 6.45) is 8.82. The minimum absolute atomic E-state index is 0.00828. The van der Waals surface area contributed by atoms with Crippen molar-refractivity contribution in [1.82, 2.24) is 0 Å². The van der Waals surface area contributed by atoms with E-state index in [2.05, 4.69) is 6.92 Å². The molecule has 0 aromatic rings. The first-order chi connectivity index (χ1) is 8.07. The zero-order valence-corrected chi connectivity index (χ0v) is 10.4. The normalized spacial score (nSPS) is 11.5. The molecular weight excluding hydrogens is 220 g/mol. The minimum Gasteiger partial charge on any atom is -0.478 e. The summed E-state index contributed by atoms with van der Waals surface area (Å²) in [5.41, 5.74) is -0.00828. The number of rotatable bonds is 10. The van der Waals surface area contributed by atoms with E-state index in [9.17, 15) is 9.59 Å². The predicted molar refractivity (Wildman–Crippen MR) is 66.0 cm³/mol. The molecule has 0 aromatic heterocycles. The average Bonchev–Trinajstić information content (AvgIpc) is 2.25. The second kappa shape index (κ2) is 9.87. The first-order valence-corrected chi connectivity index (χ1v) is 6.24. The Labute approximate surface area is 102 Å². The summed E-state index contributed by atoms with van der Waals surface area (Å²) < 4.78 is 0. The van der Waals surface area contributed by atoms with Crippen LogP contribution in [0.2, 0.25) is 0 Å². The number of unbranched alkanes of at least 4 members (excludes halogenated alkanes) is 6. The lowest BCUT2D eigenvalue weighted by molar-refractivity contribution is -0.135. The van der Waals surface area contributed by atoms with Gasteiger partial charge in [0.25, 0.3) is 0 Å². The van der Waals surface area contributed by atoms with Crippen LogP contribution in [0.25, 0.3) is 0 Å². The Bertz CT molecular complexity index is 269. The summed E-state index contributed by atoms with van der Waals surface area (Å²) in [5, 5.41) is 17.3. The van der Waals surface area contributed by atoms with E-state index in [1.54, 1.807) is 0 Å². The summed E-state index contributed by atoms with van der Waals surface area (Å²) >= 11 is 0. The van der Waals surface area contributed by atoms with Crippen molar-refractivity contribution < 1.29 is 19.8 Å². The molecule has 0 aliphatic heterocycles. The van der Waals surface area contributed by atoms with Gasteiger partial charge >= 0.3 is 11.9 Å². The summed E-state index contributed by atoms with van der Waals surface area (Å²) in [4.78, 5) is 21.1. The summed E-state index contributed by atoms with van der Waals surface area (Å²) in [6.45, 7) is 2.16. The smallest absolute Gasteiger partial charge is 0.331 e. The molecule has 0 rings (SSSR count). The molecule has 0 atom stereocenters. The Balaban J connectivity index is 3.70. The minimum atomic E-state index is -1.19. The van der Waals surface area contributed by atoms with E-state index in [1.165, 1.54) is 25.7 Å². The van der Waals surface area contributed by atoms with Gasteiger partial charge in [0.1, 0.15) is 0 Å². The van der Waals surface area contributed by atoms with Crippen molar-refractivity contribution in [2.75, 3.05) is 0 Å². The number of hydrogen-bond donors (Lipinski definition) is 2. The van der Waals surface area contributed by atoms with E-state index in [4.69, 9.17) is 10.2 Å². The Hall–Kier alpha value is -1.32. The fourth-order valence-corrected chi connectivity index (χ4v) is 1.66. The number of aliphatic carboxylic acids is 2. The SMILES string of the molecule is CCCCCCCCC/C(=C\C(=O)O)C(=O)O. The first kappa shape index (κ1) is 15.7. The van der Waals surface area contributed by atoms with Crippen LogP contribution in [0.5, 0.6) is 0 Å². The van der Waals surface area contributed by atoms with Crippen molar-refractivity contribution in [1.29, 1.82) is 0 Å². The van der Waals surface area contributed by atoms with Gasteiger partial charge in [0, 0.05) is 11.6 Å². The third kappa shape index (κ3) is 9.60. The summed E-state index contributed by atoms with van der Waals surface area (Å²) in [6, 6.07) is 0. The van der Waals surface area contributed by atoms with Gasteiger partial charge in [-0.25, -0.2) is 9.59 Å². The second-order valence-corrected chi connectivity index (χ2v) is 4.18. The molecular formula is C13H22O4. The average molecular weight is 242 g/mol. The largest absolute Gasteiger partial charge is 0.478 e. The van der Waals surface area contributed by atoms with Gasteiger partial charge in [-0.15, -0.1) is 0 Å². The van der Waals surface area contributed by atoms with Gasteiger partial charge < -0.3 is 10.2 Å². The highest BCUT2D eigenvalue weighted by Gasteiger charge is 2.08. The fourth-order valence-electron chi connectivity index (χ4n) is 1.66. The number of carbonyl (C=O) groups is 2. The molecule has 4 nitrogen and oxygen atoms in total. The van der Waals surface area contributed by atoms with Crippen LogP contribution in [-0.2, 0) is 9.59 Å². The fraction of sp³-hybridized carbons (Fsp3) is 0.692. The van der Waals surface area contributed by atoms with Crippen molar-refractivity contribution in [2.45, 2.75) is 58.3 Å². The lowest BCUT2D eigenvalue weighted by atomic mass is 10.0. The van der Waals surface area contributed by atoms with E-state index in [0.717, 1.165) is 25.3 Å². The Kier molecular flexibility index (Phi) is 9.11. The lowest BCUT2D eigenvalue weighted by Crippen LogP contribution is -2.04. The van der Waals surface area contributed by atoms with Crippen molar-refractivity contribution in [3.63, 3.8) is 0 Å². The van der Waals surface area contributed by atoms with Gasteiger partial charge in [-0.3, -0.25) is 0 Å². The zero-order chi connectivity index (χ0) is 13.1. The number of carboxylic acid groups (broad SMARTS) is 2. The van der Waals surface area contributed by atoms with Crippen molar-refractivity contribution in [3.05, 3.63) is 11.6 Å². The van der Waals surface area contributed by atoms with E-state index in [1.807, 2.05) is 0 Å². The first-order valence-electron chi connectivity index (χ1n) is 6.24. The van der Waals surface area contributed by atoms with Crippen molar-refractivity contribution in [3.8, 4) is 0 Å². The van der Waals surface area contributed by atoms with Gasteiger partial charge in [-0.2, -0.15) is 0 Å². The summed E-state index contributed by atoms with van der Waals surface area (Å²) in [5.74, 6) is -2.32. The van der Waals surface area contributed by atoms with Gasteiger partial charge in [-0.1, -0.05) is 45.4 Å². The molecule has 98 valence electrons. The molecule has 0 aromatic carbocycles. The maximum atomic E-state index is 10.7. The lowest BCUT2D eigenvalue weighted by Gasteiger charge is -2.02. The third-order valence-electron chi connectivity index (χ3n) is 2.62. The maximum absolute atomic E-state index is 10.7. The van der Waals surface area contributed by atoms with Crippen molar-refractivity contribution in [2.24, 2.45) is 0 Å². The van der Waals surface area contributed by atoms with Crippen molar-refractivity contribution >= 4 is 11.9 Å². The monoisotopic (exact) mass is 242 g/mol. The standard InChI is InChI=1S/C13H22O4/c1-2-3-4-5-6-7-8-9-11(13(16)17)10-12(14)15/h10H,2-9H2,1H3,(H,14,15)(H,16,17)/b11-10+. The molecule has 4 heteroatoms. The van der Waals surface area contributed by atoms with Crippen LogP contribution in [0.4, 0.5) is 0 Å². The van der Waals surface area contributed by atoms with Gasteiger partial charge in [-0.05, 0) is 12.8 Å². The highest BCUT2D eigenvalue weighted by Crippen LogP contribution is 2.12. The van der Waals surface area contributed by atoms with Gasteiger partial charge in [0.2, 0.25) is 0 Å². The Morgan fingerprint density at radius 2 is 1.47 bits per heavy atom. The quantitative estimate of drug-likeness (QED) is 0.455. The molecule has 17 heavy (non-hydrogen) atoms. The van der Waals surface area contributed by atoms with E-state index in [-0.39, 0.29) is 5.57 Å². The van der Waals surface area contributed by atoms with Gasteiger partial charge in [0.15, 0.2) is 0 Å². The molecule has 0 fully saturated rings. The highest BCUT2D eigenvalue weighted by atomic mass is 16.4. The Morgan fingerprint density at radius 3 is 1.94 bits per heavy atom. The maximum Gasteiger partial charge on any atom is 0.331 e. The molecule has 0 unspecified atom stereocenters. The molecule has 0 spiro atoms. The van der Waals surface area contributed by atoms with Crippen LogP contribution in [0, 0.1) is 0 Å². The predicted octanol–water partition coefficient (Wildman–Crippen LogP) is 3.22. The van der Waals surface area contributed by atoms with Crippen LogP contribution in [0.1, 0.15) is 58.3 Å². The molecule has 0 amide bonds. The highest BCUT2D eigenvalue weighted by molar-refractivity contribution is 5.94. The number of carboxylic acids is 2. The van der Waals surface area contributed by atoms with Crippen LogP contribution in [0.3, 0.4) is 0 Å². The Morgan fingerprint density at radius 1 is 0.941 bits per heavy atom. The van der Waals surface area contributed by atoms with Crippen LogP contribution in [0.15, 0.2) is 11.6 Å². The molecule has 0 heterocycles. The van der Waals surface area contributed by atoms with E-state index < -0.39 is 11.9 Å². The molecule has 0 aliphatic rings. The molecule has 0 bridgehead atoms. The molecule has 0 saturated carbocycles. The molecule has 0 aliphatic carbocycles. The second-order valence-electron chi connectivity index (χ2n) is 4.18. The van der Waals surface area contributed by atoms with Gasteiger partial charge in [0.05, 0.1) is 0 Å². The van der Waals surface area contributed by atoms with Crippen LogP contribution >= 0.6 is 0 Å².